The van der Waals surface area contributed by atoms with E-state index in [1.165, 1.54) is 0 Å². The van der Waals surface area contributed by atoms with Crippen molar-refractivity contribution in [2.75, 3.05) is 23.9 Å². The van der Waals surface area contributed by atoms with E-state index < -0.39 is 0 Å². The lowest BCUT2D eigenvalue weighted by molar-refractivity contribution is 0.0988. The van der Waals surface area contributed by atoms with Gasteiger partial charge in [0.1, 0.15) is 11.6 Å². The van der Waals surface area contributed by atoms with Crippen LogP contribution in [-0.4, -0.2) is 24.5 Å². The lowest BCUT2D eigenvalue weighted by atomic mass is 10.2. The molecule has 0 aliphatic carbocycles. The van der Waals surface area contributed by atoms with Crippen LogP contribution in [0.4, 0.5) is 17.2 Å². The van der Waals surface area contributed by atoms with Crippen molar-refractivity contribution in [2.45, 2.75) is 13.8 Å². The van der Waals surface area contributed by atoms with E-state index in [-0.39, 0.29) is 5.91 Å². The van der Waals surface area contributed by atoms with E-state index in [1.54, 1.807) is 30.3 Å². The van der Waals surface area contributed by atoms with Crippen molar-refractivity contribution in [3.63, 3.8) is 0 Å². The normalized spacial score (nSPS) is 10.3. The number of aryl methyl sites for hydroxylation is 1. The molecule has 0 bridgehead atoms. The topological polar surface area (TPSA) is 54.5 Å². The molecule has 0 aliphatic heterocycles. The second kappa shape index (κ2) is 8.36. The molecule has 138 valence electrons. The molecule has 0 atom stereocenters. The standard InChI is InChI=1S/C22H23N3O2/c1-4-25(18-8-6-5-7-9-18)22(26)17-12-13-23-21(15-17)24-19-14-16(2)10-11-20(19)27-3/h5-15H,4H2,1-3H3,(H,23,24). The quantitative estimate of drug-likeness (QED) is 0.685. The number of nitrogens with one attached hydrogen (secondary N) is 1. The van der Waals surface area contributed by atoms with Crippen molar-refractivity contribution in [3.8, 4) is 5.75 Å². The molecule has 1 aromatic heterocycles. The van der Waals surface area contributed by atoms with Gasteiger partial charge in [0.05, 0.1) is 12.8 Å². The molecule has 5 heteroatoms. The molecule has 0 radical (unpaired) electrons. The molecular formula is C22H23N3O2. The van der Waals surface area contributed by atoms with Gasteiger partial charge < -0.3 is 15.0 Å². The number of aromatic nitrogens is 1. The number of anilines is 3. The second-order valence-electron chi connectivity index (χ2n) is 6.14. The Labute approximate surface area is 159 Å². The van der Waals surface area contributed by atoms with Crippen LogP contribution in [0.2, 0.25) is 0 Å². The predicted octanol–water partition coefficient (Wildman–Crippen LogP) is 4.81. The van der Waals surface area contributed by atoms with Gasteiger partial charge in [-0.1, -0.05) is 24.3 Å². The number of ether oxygens (including phenoxy) is 1. The number of hydrogen-bond acceptors (Lipinski definition) is 4. The monoisotopic (exact) mass is 361 g/mol. The molecule has 0 aliphatic rings. The molecule has 0 saturated carbocycles. The van der Waals surface area contributed by atoms with E-state index in [2.05, 4.69) is 10.3 Å². The molecule has 0 unspecified atom stereocenters. The Morgan fingerprint density at radius 2 is 1.89 bits per heavy atom. The van der Waals surface area contributed by atoms with E-state index in [4.69, 9.17) is 4.74 Å². The summed E-state index contributed by atoms with van der Waals surface area (Å²) in [4.78, 5) is 19.1. The Hall–Kier alpha value is -3.34. The average Bonchev–Trinajstić information content (AvgIpc) is 2.70. The van der Waals surface area contributed by atoms with Crippen molar-refractivity contribution in [1.82, 2.24) is 4.98 Å². The lowest BCUT2D eigenvalue weighted by Crippen LogP contribution is -2.30. The van der Waals surface area contributed by atoms with E-state index in [0.717, 1.165) is 22.7 Å². The number of carbonyl (C=O) groups excluding carboxylic acids is 1. The molecule has 0 saturated heterocycles. The smallest absolute Gasteiger partial charge is 0.258 e. The highest BCUT2D eigenvalue weighted by Gasteiger charge is 2.16. The van der Waals surface area contributed by atoms with E-state index in [1.807, 2.05) is 62.4 Å². The number of benzene rings is 2. The number of amides is 1. The predicted molar refractivity (Wildman–Crippen MR) is 109 cm³/mol. The third-order valence-electron chi connectivity index (χ3n) is 4.25. The number of nitrogens with zero attached hydrogens (tertiary/aromatic N) is 2. The van der Waals surface area contributed by atoms with Crippen LogP contribution in [0.15, 0.2) is 66.9 Å². The zero-order chi connectivity index (χ0) is 19.2. The molecule has 0 spiro atoms. The fourth-order valence-corrected chi connectivity index (χ4v) is 2.90. The molecule has 5 nitrogen and oxygen atoms in total. The van der Waals surface area contributed by atoms with Gasteiger partial charge in [0.25, 0.3) is 5.91 Å². The van der Waals surface area contributed by atoms with Crippen LogP contribution in [-0.2, 0) is 0 Å². The number of para-hydroxylation sites is 1. The largest absolute Gasteiger partial charge is 0.495 e. The number of pyridine rings is 1. The summed E-state index contributed by atoms with van der Waals surface area (Å²) in [5.41, 5.74) is 3.36. The summed E-state index contributed by atoms with van der Waals surface area (Å²) >= 11 is 0. The van der Waals surface area contributed by atoms with Crippen LogP contribution >= 0.6 is 0 Å². The number of hydrogen-bond donors (Lipinski definition) is 1. The minimum Gasteiger partial charge on any atom is -0.495 e. The molecule has 27 heavy (non-hydrogen) atoms. The van der Waals surface area contributed by atoms with Gasteiger partial charge in [-0.3, -0.25) is 4.79 Å². The summed E-state index contributed by atoms with van der Waals surface area (Å²) in [6, 6.07) is 19.0. The van der Waals surface area contributed by atoms with Gasteiger partial charge in [-0.25, -0.2) is 4.98 Å². The van der Waals surface area contributed by atoms with Gasteiger partial charge in [0, 0.05) is 24.0 Å². The third kappa shape index (κ3) is 4.26. The fourth-order valence-electron chi connectivity index (χ4n) is 2.90. The van der Waals surface area contributed by atoms with Crippen molar-refractivity contribution in [1.29, 1.82) is 0 Å². The van der Waals surface area contributed by atoms with Crippen molar-refractivity contribution in [3.05, 3.63) is 78.0 Å². The van der Waals surface area contributed by atoms with Gasteiger partial charge in [0.15, 0.2) is 0 Å². The van der Waals surface area contributed by atoms with Gasteiger partial charge in [-0.15, -0.1) is 0 Å². The summed E-state index contributed by atoms with van der Waals surface area (Å²) in [6.45, 7) is 4.56. The van der Waals surface area contributed by atoms with Crippen LogP contribution in [0.25, 0.3) is 0 Å². The molecule has 3 rings (SSSR count). The Kier molecular flexibility index (Phi) is 5.71. The van der Waals surface area contributed by atoms with Gasteiger partial charge in [0.2, 0.25) is 0 Å². The highest BCUT2D eigenvalue weighted by Crippen LogP contribution is 2.28. The number of methoxy groups -OCH3 is 1. The first-order chi connectivity index (χ1) is 13.1. The van der Waals surface area contributed by atoms with Crippen LogP contribution in [0.1, 0.15) is 22.8 Å². The number of rotatable bonds is 6. The summed E-state index contributed by atoms with van der Waals surface area (Å²) in [6.07, 6.45) is 1.64. The average molecular weight is 361 g/mol. The summed E-state index contributed by atoms with van der Waals surface area (Å²) < 4.78 is 5.40. The Bertz CT molecular complexity index is 926. The fraction of sp³-hybridized carbons (Fsp3) is 0.182. The maximum absolute atomic E-state index is 13.0. The molecule has 1 heterocycles. The maximum atomic E-state index is 13.0. The van der Waals surface area contributed by atoms with Crippen LogP contribution in [0.5, 0.6) is 5.75 Å². The van der Waals surface area contributed by atoms with Gasteiger partial charge in [-0.05, 0) is 55.8 Å². The highest BCUT2D eigenvalue weighted by molar-refractivity contribution is 6.06. The molecule has 2 aromatic carbocycles. The SMILES string of the molecule is CCN(C(=O)c1ccnc(Nc2cc(C)ccc2OC)c1)c1ccccc1. The van der Waals surface area contributed by atoms with Crippen LogP contribution in [0, 0.1) is 6.92 Å². The summed E-state index contributed by atoms with van der Waals surface area (Å²) in [5, 5.41) is 3.25. The molecule has 1 N–H and O–H groups in total. The zero-order valence-corrected chi connectivity index (χ0v) is 15.8. The maximum Gasteiger partial charge on any atom is 0.258 e. The molecule has 3 aromatic rings. The molecule has 0 fully saturated rings. The third-order valence-corrected chi connectivity index (χ3v) is 4.25. The minimum absolute atomic E-state index is 0.0645. The van der Waals surface area contributed by atoms with Crippen molar-refractivity contribution >= 4 is 23.1 Å². The van der Waals surface area contributed by atoms with Gasteiger partial charge >= 0.3 is 0 Å². The Morgan fingerprint density at radius 1 is 1.11 bits per heavy atom. The highest BCUT2D eigenvalue weighted by atomic mass is 16.5. The van der Waals surface area contributed by atoms with Crippen molar-refractivity contribution in [2.24, 2.45) is 0 Å². The first-order valence-corrected chi connectivity index (χ1v) is 8.87. The Balaban J connectivity index is 1.87. The van der Waals surface area contributed by atoms with E-state index in [0.29, 0.717) is 17.9 Å². The first-order valence-electron chi connectivity index (χ1n) is 8.87. The summed E-state index contributed by atoms with van der Waals surface area (Å²) in [7, 11) is 1.63. The first kappa shape index (κ1) is 18.5. The van der Waals surface area contributed by atoms with Crippen LogP contribution < -0.4 is 15.0 Å². The molecular weight excluding hydrogens is 338 g/mol. The van der Waals surface area contributed by atoms with E-state index in [9.17, 15) is 4.79 Å². The van der Waals surface area contributed by atoms with E-state index >= 15 is 0 Å². The Morgan fingerprint density at radius 3 is 2.59 bits per heavy atom. The van der Waals surface area contributed by atoms with Crippen molar-refractivity contribution < 1.29 is 9.53 Å². The summed E-state index contributed by atoms with van der Waals surface area (Å²) in [5.74, 6) is 1.25. The number of carbonyl (C=O) groups is 1. The zero-order valence-electron chi connectivity index (χ0n) is 15.8. The minimum atomic E-state index is -0.0645. The van der Waals surface area contributed by atoms with Gasteiger partial charge in [-0.2, -0.15) is 0 Å². The molecule has 1 amide bonds. The van der Waals surface area contributed by atoms with Crippen LogP contribution in [0.3, 0.4) is 0 Å². The second-order valence-corrected chi connectivity index (χ2v) is 6.14. The lowest BCUT2D eigenvalue weighted by Gasteiger charge is -2.21.